The van der Waals surface area contributed by atoms with Gasteiger partial charge in [-0.05, 0) is 50.8 Å². The van der Waals surface area contributed by atoms with Gasteiger partial charge in [0, 0.05) is 18.0 Å². The molecule has 0 aromatic heterocycles. The summed E-state index contributed by atoms with van der Waals surface area (Å²) in [6.07, 6.45) is 6.53. The van der Waals surface area contributed by atoms with E-state index in [0.717, 1.165) is 5.56 Å². The Morgan fingerprint density at radius 1 is 1.05 bits per heavy atom. The number of terminal acetylenes is 1. The molecule has 2 aromatic rings. The fourth-order valence-corrected chi connectivity index (χ4v) is 4.16. The molecule has 1 fully saturated rings. The maximum absolute atomic E-state index is 14.3. The number of amides is 3. The molecule has 0 saturated heterocycles. The Balaban J connectivity index is 2.03. The summed E-state index contributed by atoms with van der Waals surface area (Å²) < 4.78 is 10.1. The second-order valence-electron chi connectivity index (χ2n) is 10.3. The lowest BCUT2D eigenvalue weighted by molar-refractivity contribution is -0.145. The van der Waals surface area contributed by atoms with E-state index in [4.69, 9.17) is 11.2 Å². The van der Waals surface area contributed by atoms with Gasteiger partial charge in [0.25, 0.3) is 0 Å². The van der Waals surface area contributed by atoms with Crippen molar-refractivity contribution < 1.29 is 28.7 Å². The molecule has 2 N–H and O–H groups in total. The van der Waals surface area contributed by atoms with Gasteiger partial charge in [0.2, 0.25) is 11.8 Å². The number of nitrogens with zero attached hydrogens (tertiary/aromatic N) is 1. The second-order valence-corrected chi connectivity index (χ2v) is 10.3. The number of carbonyl (C=O) groups is 4. The van der Waals surface area contributed by atoms with E-state index in [-0.39, 0.29) is 19.0 Å². The highest BCUT2D eigenvalue weighted by molar-refractivity contribution is 5.94. The van der Waals surface area contributed by atoms with Crippen LogP contribution in [-0.4, -0.2) is 60.1 Å². The van der Waals surface area contributed by atoms with E-state index in [9.17, 15) is 19.2 Å². The minimum atomic E-state index is -1.14. The zero-order chi connectivity index (χ0) is 28.6. The molecule has 0 heterocycles. The van der Waals surface area contributed by atoms with E-state index in [1.54, 1.807) is 45.0 Å². The van der Waals surface area contributed by atoms with E-state index in [0.29, 0.717) is 24.0 Å². The molecule has 0 aliphatic heterocycles. The van der Waals surface area contributed by atoms with Crippen molar-refractivity contribution in [1.29, 1.82) is 0 Å². The Morgan fingerprint density at radius 3 is 2.28 bits per heavy atom. The Kier molecular flexibility index (Phi) is 9.72. The number of benzene rings is 2. The third-order valence-corrected chi connectivity index (χ3v) is 6.04. The molecule has 2 unspecified atom stereocenters. The largest absolute Gasteiger partial charge is 0.468 e. The lowest BCUT2D eigenvalue weighted by Gasteiger charge is -2.35. The van der Waals surface area contributed by atoms with Gasteiger partial charge in [0.15, 0.2) is 0 Å². The normalized spacial score (nSPS) is 14.2. The van der Waals surface area contributed by atoms with Crippen LogP contribution in [0.25, 0.3) is 0 Å². The first-order chi connectivity index (χ1) is 18.5. The third-order valence-electron chi connectivity index (χ3n) is 6.04. The lowest BCUT2D eigenvalue weighted by Crippen LogP contribution is -2.54. The molecule has 9 heteroatoms. The smallest absolute Gasteiger partial charge is 0.408 e. The fourth-order valence-electron chi connectivity index (χ4n) is 4.16. The monoisotopic (exact) mass is 533 g/mol. The highest BCUT2D eigenvalue weighted by Gasteiger charge is 2.44. The summed E-state index contributed by atoms with van der Waals surface area (Å²) in [4.78, 5) is 53.9. The molecule has 0 radical (unpaired) electrons. The van der Waals surface area contributed by atoms with E-state index < -0.39 is 41.6 Å². The Labute approximate surface area is 229 Å². The lowest BCUT2D eigenvalue weighted by atomic mass is 9.96. The van der Waals surface area contributed by atoms with Crippen molar-refractivity contribution in [3.05, 3.63) is 71.3 Å². The maximum atomic E-state index is 14.3. The molecule has 0 spiro atoms. The van der Waals surface area contributed by atoms with Crippen LogP contribution in [0.15, 0.2) is 54.6 Å². The van der Waals surface area contributed by atoms with Crippen molar-refractivity contribution in [3.63, 3.8) is 0 Å². The van der Waals surface area contributed by atoms with Crippen LogP contribution >= 0.6 is 0 Å². The van der Waals surface area contributed by atoms with E-state index >= 15 is 0 Å². The number of rotatable bonds is 10. The quantitative estimate of drug-likeness (QED) is 0.358. The number of alkyl carbamates (subject to hydrolysis) is 1. The SMILES string of the molecule is C#Cc1ccccc1C(C(=O)NCC(=O)OC)N(C(=O)C(Cc1ccccc1)NC(=O)OC(C)(C)C)C1CC1. The number of ether oxygens (including phenoxy) is 2. The molecule has 206 valence electrons. The van der Waals surface area contributed by atoms with Crippen molar-refractivity contribution in [2.75, 3.05) is 13.7 Å². The van der Waals surface area contributed by atoms with E-state index in [2.05, 4.69) is 21.3 Å². The number of hydrogen-bond acceptors (Lipinski definition) is 6. The van der Waals surface area contributed by atoms with Gasteiger partial charge in [-0.2, -0.15) is 0 Å². The van der Waals surface area contributed by atoms with Gasteiger partial charge >= 0.3 is 12.1 Å². The minimum absolute atomic E-state index is 0.176. The Hall–Kier alpha value is -4.32. The van der Waals surface area contributed by atoms with E-state index in [1.807, 2.05) is 30.3 Å². The molecular weight excluding hydrogens is 498 g/mol. The van der Waals surface area contributed by atoms with Crippen molar-refractivity contribution in [2.45, 2.75) is 63.8 Å². The van der Waals surface area contributed by atoms with Crippen molar-refractivity contribution >= 4 is 23.9 Å². The van der Waals surface area contributed by atoms with Gasteiger partial charge < -0.3 is 25.0 Å². The van der Waals surface area contributed by atoms with Gasteiger partial charge in [-0.3, -0.25) is 14.4 Å². The first-order valence-corrected chi connectivity index (χ1v) is 12.8. The molecule has 2 aromatic carbocycles. The zero-order valence-corrected chi connectivity index (χ0v) is 22.7. The predicted molar refractivity (Wildman–Crippen MR) is 145 cm³/mol. The Bertz CT molecular complexity index is 1230. The van der Waals surface area contributed by atoms with Gasteiger partial charge in [-0.1, -0.05) is 54.5 Å². The van der Waals surface area contributed by atoms with E-state index in [1.165, 1.54) is 12.0 Å². The molecule has 39 heavy (non-hydrogen) atoms. The number of nitrogens with one attached hydrogen (secondary N) is 2. The molecule has 2 atom stereocenters. The fraction of sp³-hybridized carbons (Fsp3) is 0.400. The average molecular weight is 534 g/mol. The number of esters is 1. The van der Waals surface area contributed by atoms with Crippen LogP contribution in [0.4, 0.5) is 4.79 Å². The first kappa shape index (κ1) is 29.2. The molecule has 3 amide bonds. The molecule has 0 bridgehead atoms. The van der Waals surface area contributed by atoms with Crippen LogP contribution in [0.2, 0.25) is 0 Å². The van der Waals surface area contributed by atoms with Gasteiger partial charge in [0.05, 0.1) is 7.11 Å². The summed E-state index contributed by atoms with van der Waals surface area (Å²) in [7, 11) is 1.22. The van der Waals surface area contributed by atoms with Crippen molar-refractivity contribution in [2.24, 2.45) is 0 Å². The summed E-state index contributed by atoms with van der Waals surface area (Å²) in [5.41, 5.74) is 0.924. The highest BCUT2D eigenvalue weighted by atomic mass is 16.6. The predicted octanol–water partition coefficient (Wildman–Crippen LogP) is 3.13. The van der Waals surface area contributed by atoms with Gasteiger partial charge in [0.1, 0.15) is 24.2 Å². The Morgan fingerprint density at radius 2 is 1.69 bits per heavy atom. The van der Waals surface area contributed by atoms with Crippen LogP contribution in [-0.2, 0) is 30.3 Å². The summed E-state index contributed by atoms with van der Waals surface area (Å²) in [6, 6.07) is 13.7. The van der Waals surface area contributed by atoms with Crippen LogP contribution in [0.1, 0.15) is 56.3 Å². The highest BCUT2D eigenvalue weighted by Crippen LogP contribution is 2.36. The van der Waals surface area contributed by atoms with Crippen LogP contribution in [0, 0.1) is 12.3 Å². The summed E-state index contributed by atoms with van der Waals surface area (Å²) in [5.74, 6) is 0.909. The average Bonchev–Trinajstić information content (AvgIpc) is 3.74. The standard InChI is InChI=1S/C30H35N3O6/c1-6-21-14-10-11-15-23(21)26(27(35)31-19-25(34)38-5)33(22-16-17-22)28(36)24(18-20-12-8-7-9-13-20)32-29(37)39-30(2,3)4/h1,7-15,22,24,26H,16-19H2,2-5H3,(H,31,35)(H,32,37). The number of carbonyl (C=O) groups excluding carboxylic acids is 4. The second kappa shape index (κ2) is 13.0. The van der Waals surface area contributed by atoms with Gasteiger partial charge in [-0.15, -0.1) is 6.42 Å². The summed E-state index contributed by atoms with van der Waals surface area (Å²) in [5, 5.41) is 5.29. The molecular formula is C30H35N3O6. The van der Waals surface area contributed by atoms with Crippen molar-refractivity contribution in [3.8, 4) is 12.3 Å². The van der Waals surface area contributed by atoms with Gasteiger partial charge in [-0.25, -0.2) is 4.79 Å². The molecule has 1 aliphatic carbocycles. The van der Waals surface area contributed by atoms with Crippen LogP contribution in [0.5, 0.6) is 0 Å². The summed E-state index contributed by atoms with van der Waals surface area (Å²) in [6.45, 7) is 4.82. The topological polar surface area (TPSA) is 114 Å². The molecule has 3 rings (SSSR count). The van der Waals surface area contributed by atoms with Crippen molar-refractivity contribution in [1.82, 2.24) is 15.5 Å². The maximum Gasteiger partial charge on any atom is 0.408 e. The molecule has 1 aliphatic rings. The van der Waals surface area contributed by atoms with Crippen LogP contribution < -0.4 is 10.6 Å². The summed E-state index contributed by atoms with van der Waals surface area (Å²) >= 11 is 0. The molecule has 9 nitrogen and oxygen atoms in total. The molecule has 1 saturated carbocycles. The minimum Gasteiger partial charge on any atom is -0.468 e. The number of methoxy groups -OCH3 is 1. The van der Waals surface area contributed by atoms with Crippen LogP contribution in [0.3, 0.4) is 0 Å². The first-order valence-electron chi connectivity index (χ1n) is 12.8. The third kappa shape index (κ3) is 8.34. The number of hydrogen-bond donors (Lipinski definition) is 2. The zero-order valence-electron chi connectivity index (χ0n) is 22.7.